The topological polar surface area (TPSA) is 12.0 Å². The zero-order valence-electron chi connectivity index (χ0n) is 10.2. The molecular formula is C15H15Br2N. The fourth-order valence-electron chi connectivity index (χ4n) is 1.78. The van der Waals surface area contributed by atoms with Gasteiger partial charge in [0, 0.05) is 21.5 Å². The second-order valence-corrected chi connectivity index (χ2v) is 5.97. The summed E-state index contributed by atoms with van der Waals surface area (Å²) in [5.74, 6) is 0. The van der Waals surface area contributed by atoms with E-state index in [-0.39, 0.29) is 0 Å². The molecule has 2 rings (SSSR count). The van der Waals surface area contributed by atoms with Gasteiger partial charge in [0.1, 0.15) is 0 Å². The Labute approximate surface area is 125 Å². The Bertz CT molecular complexity index is 511. The highest BCUT2D eigenvalue weighted by molar-refractivity contribution is 9.13. The summed E-state index contributed by atoms with van der Waals surface area (Å²) in [4.78, 5) is 0. The van der Waals surface area contributed by atoms with Gasteiger partial charge in [-0.3, -0.25) is 0 Å². The summed E-state index contributed by atoms with van der Waals surface area (Å²) in [6, 6.07) is 17.2. The molecule has 0 saturated carbocycles. The van der Waals surface area contributed by atoms with E-state index in [2.05, 4.69) is 86.6 Å². The first kappa shape index (κ1) is 13.8. The van der Waals surface area contributed by atoms with Crippen molar-refractivity contribution >= 4 is 31.9 Å². The lowest BCUT2D eigenvalue weighted by Gasteiger charge is -2.14. The third-order valence-electron chi connectivity index (χ3n) is 2.90. The molecule has 3 heteroatoms. The molecule has 0 saturated heterocycles. The van der Waals surface area contributed by atoms with E-state index in [1.165, 1.54) is 11.1 Å². The standard InChI is InChI=1S/C15H15Br2N/c1-11(13-5-3-2-4-6-13)18-10-12-7-8-14(16)15(17)9-12/h2-9,11,18H,10H2,1H3/t11-/m1/s1. The van der Waals surface area contributed by atoms with Crippen LogP contribution in [0, 0.1) is 0 Å². The zero-order valence-corrected chi connectivity index (χ0v) is 13.3. The number of benzene rings is 2. The van der Waals surface area contributed by atoms with E-state index < -0.39 is 0 Å². The van der Waals surface area contributed by atoms with Crippen LogP contribution < -0.4 is 5.32 Å². The molecule has 0 aromatic heterocycles. The zero-order chi connectivity index (χ0) is 13.0. The van der Waals surface area contributed by atoms with Crippen molar-refractivity contribution in [1.82, 2.24) is 5.32 Å². The highest BCUT2D eigenvalue weighted by Crippen LogP contribution is 2.24. The molecule has 1 atom stereocenters. The first-order valence-electron chi connectivity index (χ1n) is 5.89. The summed E-state index contributed by atoms with van der Waals surface area (Å²) >= 11 is 7.00. The lowest BCUT2D eigenvalue weighted by atomic mass is 10.1. The maximum absolute atomic E-state index is 3.53. The number of hydrogen-bond acceptors (Lipinski definition) is 1. The van der Waals surface area contributed by atoms with Gasteiger partial charge in [0.05, 0.1) is 0 Å². The smallest absolute Gasteiger partial charge is 0.0320 e. The Balaban J connectivity index is 1.97. The van der Waals surface area contributed by atoms with Gasteiger partial charge >= 0.3 is 0 Å². The van der Waals surface area contributed by atoms with Crippen molar-refractivity contribution in [3.8, 4) is 0 Å². The Morgan fingerprint density at radius 2 is 1.72 bits per heavy atom. The summed E-state index contributed by atoms with van der Waals surface area (Å²) < 4.78 is 2.18. The van der Waals surface area contributed by atoms with Crippen molar-refractivity contribution in [1.29, 1.82) is 0 Å². The second kappa shape index (κ2) is 6.50. The molecule has 18 heavy (non-hydrogen) atoms. The molecule has 0 spiro atoms. The van der Waals surface area contributed by atoms with Gasteiger partial charge in [0.25, 0.3) is 0 Å². The molecule has 2 aromatic rings. The lowest BCUT2D eigenvalue weighted by molar-refractivity contribution is 0.574. The molecule has 0 amide bonds. The normalized spacial score (nSPS) is 12.4. The van der Waals surface area contributed by atoms with Crippen molar-refractivity contribution < 1.29 is 0 Å². The van der Waals surface area contributed by atoms with Crippen molar-refractivity contribution in [3.63, 3.8) is 0 Å². The molecule has 0 unspecified atom stereocenters. The molecule has 1 nitrogen and oxygen atoms in total. The van der Waals surface area contributed by atoms with Gasteiger partial charge in [-0.2, -0.15) is 0 Å². The van der Waals surface area contributed by atoms with E-state index >= 15 is 0 Å². The van der Waals surface area contributed by atoms with Gasteiger partial charge < -0.3 is 5.32 Å². The first-order chi connectivity index (χ1) is 8.66. The molecule has 0 bridgehead atoms. The highest BCUT2D eigenvalue weighted by atomic mass is 79.9. The van der Waals surface area contributed by atoms with Gasteiger partial charge in [-0.15, -0.1) is 0 Å². The fraction of sp³-hybridized carbons (Fsp3) is 0.200. The monoisotopic (exact) mass is 367 g/mol. The van der Waals surface area contributed by atoms with Crippen molar-refractivity contribution in [3.05, 3.63) is 68.6 Å². The fourth-order valence-corrected chi connectivity index (χ4v) is 2.45. The lowest BCUT2D eigenvalue weighted by Crippen LogP contribution is -2.17. The van der Waals surface area contributed by atoms with Crippen LogP contribution in [-0.4, -0.2) is 0 Å². The molecule has 1 N–H and O–H groups in total. The summed E-state index contributed by atoms with van der Waals surface area (Å²) in [6.07, 6.45) is 0. The first-order valence-corrected chi connectivity index (χ1v) is 7.47. The Hall–Kier alpha value is -0.640. The number of halogens is 2. The van der Waals surface area contributed by atoms with Gasteiger partial charge in [-0.25, -0.2) is 0 Å². The van der Waals surface area contributed by atoms with E-state index in [0.29, 0.717) is 6.04 Å². The minimum atomic E-state index is 0.355. The van der Waals surface area contributed by atoms with Crippen LogP contribution in [0.1, 0.15) is 24.1 Å². The third-order valence-corrected chi connectivity index (χ3v) is 4.78. The predicted octanol–water partition coefficient (Wildman–Crippen LogP) is 5.06. The van der Waals surface area contributed by atoms with Crippen molar-refractivity contribution in [2.24, 2.45) is 0 Å². The van der Waals surface area contributed by atoms with Crippen LogP contribution in [0.4, 0.5) is 0 Å². The van der Waals surface area contributed by atoms with Crippen LogP contribution in [-0.2, 0) is 6.54 Å². The van der Waals surface area contributed by atoms with Crippen LogP contribution in [0.5, 0.6) is 0 Å². The number of nitrogens with one attached hydrogen (secondary N) is 1. The maximum atomic E-state index is 3.53. The van der Waals surface area contributed by atoms with Gasteiger partial charge in [0.2, 0.25) is 0 Å². The molecule has 2 aromatic carbocycles. The molecule has 94 valence electrons. The Kier molecular flexibility index (Phi) is 4.98. The summed E-state index contributed by atoms with van der Waals surface area (Å²) in [5, 5.41) is 3.53. The van der Waals surface area contributed by atoms with Crippen molar-refractivity contribution in [2.45, 2.75) is 19.5 Å². The minimum absolute atomic E-state index is 0.355. The second-order valence-electron chi connectivity index (χ2n) is 4.26. The Morgan fingerprint density at radius 3 is 2.39 bits per heavy atom. The van der Waals surface area contributed by atoms with E-state index in [0.717, 1.165) is 15.5 Å². The van der Waals surface area contributed by atoms with E-state index in [9.17, 15) is 0 Å². The van der Waals surface area contributed by atoms with E-state index in [1.807, 2.05) is 6.07 Å². The van der Waals surface area contributed by atoms with Crippen LogP contribution in [0.2, 0.25) is 0 Å². The molecule has 0 fully saturated rings. The van der Waals surface area contributed by atoms with Crippen molar-refractivity contribution in [2.75, 3.05) is 0 Å². The van der Waals surface area contributed by atoms with Crippen LogP contribution in [0.15, 0.2) is 57.5 Å². The predicted molar refractivity (Wildman–Crippen MR) is 83.5 cm³/mol. The summed E-state index contributed by atoms with van der Waals surface area (Å²) in [6.45, 7) is 3.05. The van der Waals surface area contributed by atoms with Gasteiger partial charge in [-0.1, -0.05) is 36.4 Å². The molecule has 0 radical (unpaired) electrons. The molecule has 0 aliphatic carbocycles. The van der Waals surface area contributed by atoms with Crippen LogP contribution in [0.3, 0.4) is 0 Å². The average molecular weight is 369 g/mol. The van der Waals surface area contributed by atoms with Crippen LogP contribution >= 0.6 is 31.9 Å². The van der Waals surface area contributed by atoms with E-state index in [4.69, 9.17) is 0 Å². The van der Waals surface area contributed by atoms with Gasteiger partial charge in [-0.05, 0) is 62.0 Å². The molecule has 0 aliphatic rings. The number of hydrogen-bond donors (Lipinski definition) is 1. The molecular weight excluding hydrogens is 354 g/mol. The third kappa shape index (κ3) is 3.67. The summed E-state index contributed by atoms with van der Waals surface area (Å²) in [5.41, 5.74) is 2.58. The van der Waals surface area contributed by atoms with Gasteiger partial charge in [0.15, 0.2) is 0 Å². The summed E-state index contributed by atoms with van der Waals surface area (Å²) in [7, 11) is 0. The highest BCUT2D eigenvalue weighted by Gasteiger charge is 2.04. The number of rotatable bonds is 4. The average Bonchev–Trinajstić information content (AvgIpc) is 2.41. The minimum Gasteiger partial charge on any atom is -0.306 e. The largest absolute Gasteiger partial charge is 0.306 e. The van der Waals surface area contributed by atoms with E-state index in [1.54, 1.807) is 0 Å². The molecule has 0 aliphatic heterocycles. The Morgan fingerprint density at radius 1 is 1.00 bits per heavy atom. The SMILES string of the molecule is C[C@@H](NCc1ccc(Br)c(Br)c1)c1ccccc1. The quantitative estimate of drug-likeness (QED) is 0.794. The van der Waals surface area contributed by atoms with Crippen LogP contribution in [0.25, 0.3) is 0 Å². The molecule has 0 heterocycles. The maximum Gasteiger partial charge on any atom is 0.0320 e.